The summed E-state index contributed by atoms with van der Waals surface area (Å²) in [5.74, 6) is 1.15. The Kier molecular flexibility index (Phi) is 5.98. The van der Waals surface area contributed by atoms with Crippen LogP contribution in [-0.4, -0.2) is 46.9 Å². The van der Waals surface area contributed by atoms with E-state index in [0.717, 1.165) is 46.9 Å². The zero-order chi connectivity index (χ0) is 21.1. The van der Waals surface area contributed by atoms with Crippen LogP contribution in [0.4, 0.5) is 5.69 Å². The number of aromatic nitrogens is 3. The number of thiophene rings is 1. The van der Waals surface area contributed by atoms with Gasteiger partial charge in [-0.2, -0.15) is 9.40 Å². The number of nitrogens with zero attached hydrogens (tertiary/aromatic N) is 3. The third-order valence-corrected chi connectivity index (χ3v) is 8.36. The first-order valence-electron chi connectivity index (χ1n) is 9.80. The van der Waals surface area contributed by atoms with E-state index in [-0.39, 0.29) is 12.3 Å². The van der Waals surface area contributed by atoms with Crippen molar-refractivity contribution in [1.82, 2.24) is 19.5 Å². The fraction of sp³-hybridized carbons (Fsp3) is 0.350. The van der Waals surface area contributed by atoms with E-state index in [4.69, 9.17) is 0 Å². The monoisotopic (exact) mass is 445 g/mol. The summed E-state index contributed by atoms with van der Waals surface area (Å²) < 4.78 is 27.4. The summed E-state index contributed by atoms with van der Waals surface area (Å²) in [5.41, 5.74) is 1.51. The minimum Gasteiger partial charge on any atom is -0.326 e. The number of H-pyrrole nitrogens is 1. The molecule has 1 amide bonds. The molecule has 2 N–H and O–H groups in total. The van der Waals surface area contributed by atoms with Crippen LogP contribution in [0.1, 0.15) is 30.0 Å². The van der Waals surface area contributed by atoms with Crippen molar-refractivity contribution >= 4 is 33.0 Å². The second-order valence-corrected chi connectivity index (χ2v) is 10.6. The number of aryl methyl sites for hydroxylation is 1. The number of carbonyl (C=O) groups excluding carboxylic acids is 1. The third kappa shape index (κ3) is 4.61. The van der Waals surface area contributed by atoms with E-state index in [2.05, 4.69) is 20.5 Å². The first-order valence-corrected chi connectivity index (χ1v) is 12.1. The molecule has 0 saturated carbocycles. The minimum absolute atomic E-state index is 0.127. The predicted molar refractivity (Wildman–Crippen MR) is 116 cm³/mol. The second kappa shape index (κ2) is 8.66. The van der Waals surface area contributed by atoms with E-state index in [0.29, 0.717) is 28.8 Å². The molecule has 0 bridgehead atoms. The van der Waals surface area contributed by atoms with E-state index in [9.17, 15) is 13.2 Å². The Hall–Kier alpha value is -2.56. The van der Waals surface area contributed by atoms with Crippen LogP contribution >= 0.6 is 11.3 Å². The Morgan fingerprint density at radius 2 is 1.87 bits per heavy atom. The average Bonchev–Trinajstić information content (AvgIpc) is 3.39. The Morgan fingerprint density at radius 3 is 2.53 bits per heavy atom. The summed E-state index contributed by atoms with van der Waals surface area (Å²) in [6.45, 7) is 2.97. The molecule has 0 aliphatic carbocycles. The molecule has 30 heavy (non-hydrogen) atoms. The standard InChI is InChI=1S/C20H23N5O3S2/c1-14-21-20(24-23-14)15-5-7-16(8-6-15)22-18(26)13-17-9-10-19(29-17)30(27,28)25-11-3-2-4-12-25/h5-10H,2-4,11-13H2,1H3,(H,22,26)(H,21,23,24). The summed E-state index contributed by atoms with van der Waals surface area (Å²) in [5, 5.41) is 9.76. The molecule has 3 heterocycles. The Bertz CT molecular complexity index is 1130. The number of hydrogen-bond donors (Lipinski definition) is 2. The Labute approximate surface area is 179 Å². The Balaban J connectivity index is 1.37. The molecule has 1 aliphatic heterocycles. The largest absolute Gasteiger partial charge is 0.326 e. The maximum Gasteiger partial charge on any atom is 0.252 e. The molecule has 2 aromatic heterocycles. The van der Waals surface area contributed by atoms with Crippen molar-refractivity contribution in [2.75, 3.05) is 18.4 Å². The van der Waals surface area contributed by atoms with Gasteiger partial charge >= 0.3 is 0 Å². The first-order chi connectivity index (χ1) is 14.4. The highest BCUT2D eigenvalue weighted by atomic mass is 32.2. The van der Waals surface area contributed by atoms with Gasteiger partial charge in [0.05, 0.1) is 6.42 Å². The lowest BCUT2D eigenvalue weighted by Crippen LogP contribution is -2.35. The van der Waals surface area contributed by atoms with Crippen LogP contribution < -0.4 is 5.32 Å². The van der Waals surface area contributed by atoms with Gasteiger partial charge in [0, 0.05) is 29.2 Å². The summed E-state index contributed by atoms with van der Waals surface area (Å²) in [6, 6.07) is 10.6. The molecular formula is C20H23N5O3S2. The number of anilines is 1. The highest BCUT2D eigenvalue weighted by molar-refractivity contribution is 7.91. The highest BCUT2D eigenvalue weighted by Gasteiger charge is 2.27. The van der Waals surface area contributed by atoms with E-state index < -0.39 is 10.0 Å². The number of rotatable bonds is 6. The van der Waals surface area contributed by atoms with Crippen molar-refractivity contribution in [2.24, 2.45) is 0 Å². The lowest BCUT2D eigenvalue weighted by atomic mass is 10.2. The van der Waals surface area contributed by atoms with Gasteiger partial charge in [-0.15, -0.1) is 11.3 Å². The first kappa shape index (κ1) is 20.7. The molecular weight excluding hydrogens is 422 g/mol. The zero-order valence-corrected chi connectivity index (χ0v) is 18.2. The number of hydrogen-bond acceptors (Lipinski definition) is 6. The smallest absolute Gasteiger partial charge is 0.252 e. The molecule has 0 spiro atoms. The zero-order valence-electron chi connectivity index (χ0n) is 16.6. The van der Waals surface area contributed by atoms with Crippen LogP contribution in [0.15, 0.2) is 40.6 Å². The minimum atomic E-state index is -3.46. The third-order valence-electron chi connectivity index (χ3n) is 4.91. The molecule has 1 saturated heterocycles. The second-order valence-electron chi connectivity index (χ2n) is 7.23. The SMILES string of the molecule is Cc1nc(-c2ccc(NC(=O)Cc3ccc(S(=O)(=O)N4CCCCC4)s3)cc2)n[nH]1. The van der Waals surface area contributed by atoms with Crippen LogP contribution in [0.25, 0.3) is 11.4 Å². The molecule has 0 atom stereocenters. The molecule has 1 aromatic carbocycles. The fourth-order valence-corrected chi connectivity index (χ4v) is 6.39. The molecule has 0 unspecified atom stereocenters. The fourth-order valence-electron chi connectivity index (χ4n) is 3.36. The van der Waals surface area contributed by atoms with Gasteiger partial charge in [0.15, 0.2) is 5.82 Å². The average molecular weight is 446 g/mol. The van der Waals surface area contributed by atoms with Crippen molar-refractivity contribution in [1.29, 1.82) is 0 Å². The van der Waals surface area contributed by atoms with Gasteiger partial charge in [0.1, 0.15) is 10.0 Å². The van der Waals surface area contributed by atoms with Crippen molar-refractivity contribution in [3.63, 3.8) is 0 Å². The number of benzene rings is 1. The van der Waals surface area contributed by atoms with Gasteiger partial charge in [0.25, 0.3) is 10.0 Å². The van der Waals surface area contributed by atoms with E-state index in [1.54, 1.807) is 28.6 Å². The van der Waals surface area contributed by atoms with Crippen LogP contribution in [0, 0.1) is 6.92 Å². The van der Waals surface area contributed by atoms with Crippen LogP contribution in [0.3, 0.4) is 0 Å². The van der Waals surface area contributed by atoms with Gasteiger partial charge in [-0.1, -0.05) is 6.42 Å². The van der Waals surface area contributed by atoms with Gasteiger partial charge in [-0.3, -0.25) is 9.89 Å². The van der Waals surface area contributed by atoms with Crippen molar-refractivity contribution < 1.29 is 13.2 Å². The van der Waals surface area contributed by atoms with Gasteiger partial charge in [0.2, 0.25) is 5.91 Å². The van der Waals surface area contributed by atoms with Crippen LogP contribution in [-0.2, 0) is 21.2 Å². The molecule has 8 nitrogen and oxygen atoms in total. The maximum atomic E-state index is 12.8. The molecule has 1 aliphatic rings. The highest BCUT2D eigenvalue weighted by Crippen LogP contribution is 2.27. The van der Waals surface area contributed by atoms with Gasteiger partial charge in [-0.05, 0) is 56.2 Å². The summed E-state index contributed by atoms with van der Waals surface area (Å²) in [7, 11) is -3.46. The molecule has 3 aromatic rings. The van der Waals surface area contributed by atoms with Gasteiger partial charge in [-0.25, -0.2) is 13.4 Å². The van der Waals surface area contributed by atoms with Gasteiger partial charge < -0.3 is 5.32 Å². The number of amides is 1. The summed E-state index contributed by atoms with van der Waals surface area (Å²) in [4.78, 5) is 17.4. The normalized spacial score (nSPS) is 15.2. The number of aromatic amines is 1. The number of carbonyl (C=O) groups is 1. The number of piperidine rings is 1. The molecule has 1 fully saturated rings. The quantitative estimate of drug-likeness (QED) is 0.606. The lowest BCUT2D eigenvalue weighted by molar-refractivity contribution is -0.115. The van der Waals surface area contributed by atoms with E-state index in [1.807, 2.05) is 19.1 Å². The van der Waals surface area contributed by atoms with E-state index >= 15 is 0 Å². The lowest BCUT2D eigenvalue weighted by Gasteiger charge is -2.25. The molecule has 10 heteroatoms. The molecule has 0 radical (unpaired) electrons. The molecule has 4 rings (SSSR count). The Morgan fingerprint density at radius 1 is 1.13 bits per heavy atom. The van der Waals surface area contributed by atoms with Crippen molar-refractivity contribution in [2.45, 2.75) is 36.8 Å². The maximum absolute atomic E-state index is 12.8. The van der Waals surface area contributed by atoms with Crippen molar-refractivity contribution in [3.05, 3.63) is 47.1 Å². The van der Waals surface area contributed by atoms with Crippen LogP contribution in [0.5, 0.6) is 0 Å². The molecule has 158 valence electrons. The van der Waals surface area contributed by atoms with E-state index in [1.165, 1.54) is 0 Å². The summed E-state index contributed by atoms with van der Waals surface area (Å²) >= 11 is 1.16. The topological polar surface area (TPSA) is 108 Å². The van der Waals surface area contributed by atoms with Crippen LogP contribution in [0.2, 0.25) is 0 Å². The summed E-state index contributed by atoms with van der Waals surface area (Å²) in [6.07, 6.45) is 2.99. The van der Waals surface area contributed by atoms with Crippen molar-refractivity contribution in [3.8, 4) is 11.4 Å². The number of nitrogens with one attached hydrogen (secondary N) is 2. The predicted octanol–water partition coefficient (Wildman–Crippen LogP) is 3.20. The number of sulfonamides is 1.